The van der Waals surface area contributed by atoms with Crippen LogP contribution in [0.15, 0.2) is 5.38 Å². The number of rotatable bonds is 7. The van der Waals surface area contributed by atoms with Gasteiger partial charge in [0.05, 0.1) is 5.54 Å². The van der Waals surface area contributed by atoms with Crippen molar-refractivity contribution in [1.82, 2.24) is 10.3 Å². The molecule has 0 aliphatic rings. The fourth-order valence-electron chi connectivity index (χ4n) is 1.85. The van der Waals surface area contributed by atoms with Gasteiger partial charge in [0.2, 0.25) is 0 Å². The van der Waals surface area contributed by atoms with Crippen LogP contribution in [0.4, 0.5) is 0 Å². The fourth-order valence-corrected chi connectivity index (χ4v) is 2.85. The maximum Gasteiger partial charge on any atom is 0.113 e. The molecule has 3 heteroatoms. The van der Waals surface area contributed by atoms with Gasteiger partial charge >= 0.3 is 0 Å². The van der Waals surface area contributed by atoms with Crippen molar-refractivity contribution in [2.24, 2.45) is 0 Å². The van der Waals surface area contributed by atoms with Gasteiger partial charge in [-0.15, -0.1) is 11.3 Å². The van der Waals surface area contributed by atoms with Gasteiger partial charge in [-0.25, -0.2) is 4.98 Å². The number of nitrogens with one attached hydrogen (secondary N) is 1. The van der Waals surface area contributed by atoms with Gasteiger partial charge < -0.3 is 5.32 Å². The number of unbranched alkanes of at least 4 members (excludes halogenated alkanes) is 3. The molecule has 0 bridgehead atoms. The third kappa shape index (κ3) is 3.56. The summed E-state index contributed by atoms with van der Waals surface area (Å²) in [6, 6.07) is 0. The van der Waals surface area contributed by atoms with E-state index in [2.05, 4.69) is 36.5 Å². The molecule has 0 spiro atoms. The van der Waals surface area contributed by atoms with Gasteiger partial charge in [0, 0.05) is 11.1 Å². The molecule has 1 unspecified atom stereocenters. The normalized spacial score (nSPS) is 15.0. The molecule has 2 nitrogen and oxygen atoms in total. The molecule has 0 aliphatic carbocycles. The standard InChI is InChI=1S/C13H24N2S/c1-5-6-7-8-9-13(3,14-4)12-15-11(2)10-16-12/h10,14H,5-9H2,1-4H3. The first-order valence-electron chi connectivity index (χ1n) is 6.24. The van der Waals surface area contributed by atoms with E-state index in [0.29, 0.717) is 0 Å². The van der Waals surface area contributed by atoms with E-state index in [0.717, 1.165) is 5.69 Å². The maximum absolute atomic E-state index is 4.61. The van der Waals surface area contributed by atoms with Crippen LogP contribution in [0, 0.1) is 6.92 Å². The predicted molar refractivity (Wildman–Crippen MR) is 72.0 cm³/mol. The molecular weight excluding hydrogens is 216 g/mol. The van der Waals surface area contributed by atoms with Gasteiger partial charge in [-0.3, -0.25) is 0 Å². The quantitative estimate of drug-likeness (QED) is 0.732. The molecule has 16 heavy (non-hydrogen) atoms. The van der Waals surface area contributed by atoms with Crippen LogP contribution in [-0.4, -0.2) is 12.0 Å². The maximum atomic E-state index is 4.61. The highest BCUT2D eigenvalue weighted by Crippen LogP contribution is 2.29. The van der Waals surface area contributed by atoms with Crippen molar-refractivity contribution in [2.75, 3.05) is 7.05 Å². The number of aryl methyl sites for hydroxylation is 1. The summed E-state index contributed by atoms with van der Waals surface area (Å²) in [7, 11) is 2.04. The van der Waals surface area contributed by atoms with E-state index in [-0.39, 0.29) is 5.54 Å². The van der Waals surface area contributed by atoms with Crippen molar-refractivity contribution >= 4 is 11.3 Å². The minimum Gasteiger partial charge on any atom is -0.309 e. The molecule has 1 rings (SSSR count). The van der Waals surface area contributed by atoms with Crippen molar-refractivity contribution < 1.29 is 0 Å². The third-order valence-electron chi connectivity index (χ3n) is 3.17. The van der Waals surface area contributed by atoms with Crippen molar-refractivity contribution in [3.63, 3.8) is 0 Å². The van der Waals surface area contributed by atoms with Gasteiger partial charge in [0.1, 0.15) is 5.01 Å². The van der Waals surface area contributed by atoms with Gasteiger partial charge in [-0.2, -0.15) is 0 Å². The molecule has 92 valence electrons. The largest absolute Gasteiger partial charge is 0.309 e. The van der Waals surface area contributed by atoms with E-state index in [1.165, 1.54) is 37.1 Å². The van der Waals surface area contributed by atoms with Crippen LogP contribution >= 0.6 is 11.3 Å². The highest BCUT2D eigenvalue weighted by atomic mass is 32.1. The number of nitrogens with zero attached hydrogens (tertiary/aromatic N) is 1. The summed E-state index contributed by atoms with van der Waals surface area (Å²) in [6.45, 7) is 6.58. The zero-order valence-corrected chi connectivity index (χ0v) is 11.8. The molecule has 0 radical (unpaired) electrons. The monoisotopic (exact) mass is 240 g/mol. The Hall–Kier alpha value is -0.410. The Morgan fingerprint density at radius 3 is 2.62 bits per heavy atom. The second-order valence-electron chi connectivity index (χ2n) is 4.69. The fraction of sp³-hybridized carbons (Fsp3) is 0.769. The Morgan fingerprint density at radius 2 is 2.12 bits per heavy atom. The Morgan fingerprint density at radius 1 is 1.38 bits per heavy atom. The minimum atomic E-state index is 0.0622. The van der Waals surface area contributed by atoms with Crippen LogP contribution in [0.5, 0.6) is 0 Å². The minimum absolute atomic E-state index is 0.0622. The first kappa shape index (κ1) is 13.7. The van der Waals surface area contributed by atoms with E-state index in [1.54, 1.807) is 11.3 Å². The first-order valence-corrected chi connectivity index (χ1v) is 7.12. The molecular formula is C13H24N2S. The molecule has 0 saturated carbocycles. The predicted octanol–water partition coefficient (Wildman–Crippen LogP) is 3.86. The van der Waals surface area contributed by atoms with E-state index >= 15 is 0 Å². The highest BCUT2D eigenvalue weighted by molar-refractivity contribution is 7.09. The summed E-state index contributed by atoms with van der Waals surface area (Å²) in [5, 5.41) is 6.79. The summed E-state index contributed by atoms with van der Waals surface area (Å²) >= 11 is 1.77. The van der Waals surface area contributed by atoms with Crippen molar-refractivity contribution in [3.8, 4) is 0 Å². The SMILES string of the molecule is CCCCCCC(C)(NC)c1nc(C)cs1. The molecule has 0 saturated heterocycles. The zero-order valence-electron chi connectivity index (χ0n) is 11.0. The average molecular weight is 240 g/mol. The van der Waals surface area contributed by atoms with E-state index in [9.17, 15) is 0 Å². The van der Waals surface area contributed by atoms with Crippen molar-refractivity contribution in [2.45, 2.75) is 58.4 Å². The summed E-state index contributed by atoms with van der Waals surface area (Å²) in [6.07, 6.45) is 6.43. The third-order valence-corrected chi connectivity index (χ3v) is 4.40. The van der Waals surface area contributed by atoms with E-state index in [1.807, 2.05) is 7.05 Å². The number of hydrogen-bond acceptors (Lipinski definition) is 3. The average Bonchev–Trinajstić information content (AvgIpc) is 2.71. The number of hydrogen-bond donors (Lipinski definition) is 1. The Bertz CT molecular complexity index is 309. The molecule has 0 aromatic carbocycles. The highest BCUT2D eigenvalue weighted by Gasteiger charge is 2.26. The van der Waals surface area contributed by atoms with Gasteiger partial charge in [-0.1, -0.05) is 32.6 Å². The van der Waals surface area contributed by atoms with Crippen LogP contribution < -0.4 is 5.32 Å². The smallest absolute Gasteiger partial charge is 0.113 e. The Kier molecular flexibility index (Phi) is 5.42. The lowest BCUT2D eigenvalue weighted by Crippen LogP contribution is -2.36. The molecule has 0 aliphatic heterocycles. The Balaban J connectivity index is 2.56. The van der Waals surface area contributed by atoms with Crippen LogP contribution in [0.25, 0.3) is 0 Å². The summed E-state index contributed by atoms with van der Waals surface area (Å²) in [4.78, 5) is 4.61. The molecule has 1 atom stereocenters. The van der Waals surface area contributed by atoms with Gasteiger partial charge in [0.15, 0.2) is 0 Å². The van der Waals surface area contributed by atoms with Crippen molar-refractivity contribution in [3.05, 3.63) is 16.1 Å². The van der Waals surface area contributed by atoms with Crippen LogP contribution in [-0.2, 0) is 5.54 Å². The van der Waals surface area contributed by atoms with Crippen molar-refractivity contribution in [1.29, 1.82) is 0 Å². The lowest BCUT2D eigenvalue weighted by atomic mass is 9.95. The van der Waals surface area contributed by atoms with Gasteiger partial charge in [-0.05, 0) is 27.3 Å². The van der Waals surface area contributed by atoms with E-state index < -0.39 is 0 Å². The number of aromatic nitrogens is 1. The molecule has 1 aromatic rings. The van der Waals surface area contributed by atoms with Crippen LogP contribution in [0.1, 0.15) is 56.7 Å². The van der Waals surface area contributed by atoms with Crippen LogP contribution in [0.2, 0.25) is 0 Å². The topological polar surface area (TPSA) is 24.9 Å². The zero-order chi connectivity index (χ0) is 12.0. The Labute approximate surface area is 103 Å². The summed E-state index contributed by atoms with van der Waals surface area (Å²) in [5.74, 6) is 0. The molecule has 0 amide bonds. The lowest BCUT2D eigenvalue weighted by Gasteiger charge is -2.27. The first-order chi connectivity index (χ1) is 7.62. The number of thiazole rings is 1. The van der Waals surface area contributed by atoms with E-state index in [4.69, 9.17) is 0 Å². The second-order valence-corrected chi connectivity index (χ2v) is 5.54. The summed E-state index contributed by atoms with van der Waals surface area (Å²) in [5.41, 5.74) is 1.20. The van der Waals surface area contributed by atoms with Crippen LogP contribution in [0.3, 0.4) is 0 Å². The lowest BCUT2D eigenvalue weighted by molar-refractivity contribution is 0.350. The van der Waals surface area contributed by atoms with Gasteiger partial charge in [0.25, 0.3) is 0 Å². The second kappa shape index (κ2) is 6.36. The summed E-state index contributed by atoms with van der Waals surface area (Å²) < 4.78 is 0. The molecule has 1 heterocycles. The molecule has 0 fully saturated rings. The molecule has 1 N–H and O–H groups in total. The molecule has 1 aromatic heterocycles.